The Labute approximate surface area is 136 Å². The zero-order valence-corrected chi connectivity index (χ0v) is 14.6. The van der Waals surface area contributed by atoms with Crippen LogP contribution >= 0.6 is 0 Å². The first-order valence-corrected chi connectivity index (χ1v) is 9.35. The predicted octanol–water partition coefficient (Wildman–Crippen LogP) is 5.31. The molecule has 0 saturated heterocycles. The highest BCUT2D eigenvalue weighted by atomic mass is 16.3. The van der Waals surface area contributed by atoms with Gasteiger partial charge in [0.05, 0.1) is 5.60 Å². The highest BCUT2D eigenvalue weighted by Crippen LogP contribution is 2.54. The molecule has 0 amide bonds. The molecule has 0 bridgehead atoms. The van der Waals surface area contributed by atoms with Gasteiger partial charge in [-0.1, -0.05) is 44.0 Å². The Morgan fingerprint density at radius 1 is 1.23 bits per heavy atom. The summed E-state index contributed by atoms with van der Waals surface area (Å²) in [5.74, 6) is 0.659. The van der Waals surface area contributed by atoms with Crippen LogP contribution in [-0.4, -0.2) is 10.7 Å². The summed E-state index contributed by atoms with van der Waals surface area (Å²) < 4.78 is 0. The molecule has 1 heteroatoms. The van der Waals surface area contributed by atoms with Gasteiger partial charge in [0, 0.05) is 0 Å². The topological polar surface area (TPSA) is 20.2 Å². The molecule has 0 aliphatic heterocycles. The summed E-state index contributed by atoms with van der Waals surface area (Å²) in [5, 5.41) is 11.0. The summed E-state index contributed by atoms with van der Waals surface area (Å²) in [5.41, 5.74) is 4.51. The molecule has 22 heavy (non-hydrogen) atoms. The van der Waals surface area contributed by atoms with Gasteiger partial charge in [0.2, 0.25) is 0 Å². The second-order valence-electron chi connectivity index (χ2n) is 7.94. The third-order valence-electron chi connectivity index (χ3n) is 6.59. The lowest BCUT2D eigenvalue weighted by Gasteiger charge is -2.50. The Bertz CT molecular complexity index is 535. The van der Waals surface area contributed by atoms with Crippen molar-refractivity contribution in [3.63, 3.8) is 0 Å². The second kappa shape index (κ2) is 6.00. The van der Waals surface area contributed by atoms with Crippen LogP contribution in [0.2, 0.25) is 0 Å². The minimum atomic E-state index is -0.396. The van der Waals surface area contributed by atoms with Gasteiger partial charge in [0.1, 0.15) is 0 Å². The van der Waals surface area contributed by atoms with Gasteiger partial charge in [-0.2, -0.15) is 0 Å². The molecule has 0 aromatic heterocycles. The van der Waals surface area contributed by atoms with Gasteiger partial charge < -0.3 is 5.11 Å². The Hall–Kier alpha value is -0.820. The van der Waals surface area contributed by atoms with Crippen molar-refractivity contribution in [1.29, 1.82) is 0 Å². The van der Waals surface area contributed by atoms with Crippen molar-refractivity contribution in [1.82, 2.24) is 0 Å². The van der Waals surface area contributed by atoms with Crippen LogP contribution in [0.3, 0.4) is 0 Å². The van der Waals surface area contributed by atoms with Crippen LogP contribution < -0.4 is 0 Å². The molecule has 122 valence electrons. The summed E-state index contributed by atoms with van der Waals surface area (Å²) >= 11 is 0. The number of hydrogen-bond donors (Lipinski definition) is 1. The number of aliphatic hydroxyl groups is 1. The average molecular weight is 300 g/mol. The number of rotatable bonds is 3. The zero-order chi connectivity index (χ0) is 15.8. The molecule has 2 aliphatic rings. The fourth-order valence-corrected chi connectivity index (χ4v) is 5.45. The smallest absolute Gasteiger partial charge is 0.0651 e. The largest absolute Gasteiger partial charge is 0.390 e. The van der Waals surface area contributed by atoms with E-state index in [2.05, 4.69) is 39.0 Å². The van der Waals surface area contributed by atoms with Gasteiger partial charge in [-0.25, -0.2) is 0 Å². The van der Waals surface area contributed by atoms with Crippen molar-refractivity contribution in [3.8, 4) is 0 Å². The molecule has 1 aromatic carbocycles. The van der Waals surface area contributed by atoms with E-state index in [9.17, 15) is 5.11 Å². The standard InChI is InChI=1S/C21H32O/c1-4-11-20(22)12-13-21(5-2)18(15-20)8-6-7-17-14-16(3)9-10-19(17)21/h9-10,14,18,22H,4-8,11-13,15H2,1-3H3/t18-,20+,21+/m0/s1. The van der Waals surface area contributed by atoms with Crippen LogP contribution in [-0.2, 0) is 11.8 Å². The Balaban J connectivity index is 2.01. The van der Waals surface area contributed by atoms with E-state index in [1.165, 1.54) is 37.7 Å². The second-order valence-corrected chi connectivity index (χ2v) is 7.94. The number of benzene rings is 1. The Morgan fingerprint density at radius 2 is 2.05 bits per heavy atom. The van der Waals surface area contributed by atoms with E-state index in [-0.39, 0.29) is 0 Å². The minimum absolute atomic E-state index is 0.319. The lowest BCUT2D eigenvalue weighted by Crippen LogP contribution is -2.47. The third kappa shape index (κ3) is 2.62. The maximum atomic E-state index is 11.0. The molecule has 0 unspecified atom stereocenters. The lowest BCUT2D eigenvalue weighted by atomic mass is 9.56. The highest BCUT2D eigenvalue weighted by Gasteiger charge is 2.49. The summed E-state index contributed by atoms with van der Waals surface area (Å²) in [6.07, 6.45) is 10.2. The van der Waals surface area contributed by atoms with E-state index in [1.54, 1.807) is 11.1 Å². The van der Waals surface area contributed by atoms with Gasteiger partial charge in [-0.15, -0.1) is 0 Å². The van der Waals surface area contributed by atoms with E-state index >= 15 is 0 Å². The summed E-state index contributed by atoms with van der Waals surface area (Å²) in [6.45, 7) is 6.78. The molecule has 1 fully saturated rings. The molecule has 2 aliphatic carbocycles. The van der Waals surface area contributed by atoms with Crippen molar-refractivity contribution < 1.29 is 5.11 Å². The molecule has 3 rings (SSSR count). The molecule has 1 nitrogen and oxygen atoms in total. The maximum absolute atomic E-state index is 11.0. The molecule has 3 atom stereocenters. The third-order valence-corrected chi connectivity index (χ3v) is 6.59. The summed E-state index contributed by atoms with van der Waals surface area (Å²) in [4.78, 5) is 0. The maximum Gasteiger partial charge on any atom is 0.0651 e. The van der Waals surface area contributed by atoms with Crippen LogP contribution in [0.4, 0.5) is 0 Å². The van der Waals surface area contributed by atoms with Crippen molar-refractivity contribution in [2.45, 2.75) is 89.6 Å². The lowest BCUT2D eigenvalue weighted by molar-refractivity contribution is -0.0542. The first-order chi connectivity index (χ1) is 10.5. The average Bonchev–Trinajstić information content (AvgIpc) is 2.63. The van der Waals surface area contributed by atoms with Crippen molar-refractivity contribution in [2.24, 2.45) is 5.92 Å². The molecular weight excluding hydrogens is 268 g/mol. The number of hydrogen-bond acceptors (Lipinski definition) is 1. The zero-order valence-electron chi connectivity index (χ0n) is 14.6. The van der Waals surface area contributed by atoms with E-state index < -0.39 is 5.60 Å². The predicted molar refractivity (Wildman–Crippen MR) is 93.3 cm³/mol. The fraction of sp³-hybridized carbons (Fsp3) is 0.714. The first-order valence-electron chi connectivity index (χ1n) is 9.35. The van der Waals surface area contributed by atoms with Crippen molar-refractivity contribution >= 4 is 0 Å². The van der Waals surface area contributed by atoms with Gasteiger partial charge in [0.15, 0.2) is 0 Å². The van der Waals surface area contributed by atoms with Crippen LogP contribution in [0, 0.1) is 12.8 Å². The first kappa shape index (κ1) is 16.1. The molecule has 1 saturated carbocycles. The minimum Gasteiger partial charge on any atom is -0.390 e. The van der Waals surface area contributed by atoms with E-state index in [0.717, 1.165) is 25.7 Å². The van der Waals surface area contributed by atoms with Crippen LogP contribution in [0.15, 0.2) is 18.2 Å². The van der Waals surface area contributed by atoms with Crippen molar-refractivity contribution in [3.05, 3.63) is 34.9 Å². The van der Waals surface area contributed by atoms with Gasteiger partial charge in [0.25, 0.3) is 0 Å². The molecule has 0 spiro atoms. The molecular formula is C21H32O. The molecule has 0 radical (unpaired) electrons. The van der Waals surface area contributed by atoms with Crippen LogP contribution in [0.5, 0.6) is 0 Å². The van der Waals surface area contributed by atoms with E-state index in [0.29, 0.717) is 11.3 Å². The summed E-state index contributed by atoms with van der Waals surface area (Å²) in [6, 6.07) is 7.13. The quantitative estimate of drug-likeness (QED) is 0.802. The van der Waals surface area contributed by atoms with Gasteiger partial charge >= 0.3 is 0 Å². The highest BCUT2D eigenvalue weighted by molar-refractivity contribution is 5.40. The Kier molecular flexibility index (Phi) is 4.38. The number of aryl methyl sites for hydroxylation is 2. The van der Waals surface area contributed by atoms with Crippen LogP contribution in [0.1, 0.15) is 81.9 Å². The van der Waals surface area contributed by atoms with E-state index in [4.69, 9.17) is 0 Å². The molecule has 1 aromatic rings. The van der Waals surface area contributed by atoms with Gasteiger partial charge in [-0.3, -0.25) is 0 Å². The number of fused-ring (bicyclic) bond motifs is 3. The molecule has 1 N–H and O–H groups in total. The molecule has 0 heterocycles. The van der Waals surface area contributed by atoms with E-state index in [1.807, 2.05) is 0 Å². The fourth-order valence-electron chi connectivity index (χ4n) is 5.45. The monoisotopic (exact) mass is 300 g/mol. The van der Waals surface area contributed by atoms with Crippen LogP contribution in [0.25, 0.3) is 0 Å². The van der Waals surface area contributed by atoms with Crippen molar-refractivity contribution in [2.75, 3.05) is 0 Å². The normalized spacial score (nSPS) is 34.6. The Morgan fingerprint density at radius 3 is 2.77 bits per heavy atom. The summed E-state index contributed by atoms with van der Waals surface area (Å²) in [7, 11) is 0. The van der Waals surface area contributed by atoms with Gasteiger partial charge in [-0.05, 0) is 80.8 Å². The SMILES string of the molecule is CCC[C@@]1(O)CC[C@@]2(CC)c3ccc(C)cc3CCC[C@H]2C1.